The van der Waals surface area contributed by atoms with Gasteiger partial charge in [-0.2, -0.15) is 0 Å². The number of Topliss-reactive ketones (excluding diaryl/α,β-unsaturated/α-hetero) is 1. The monoisotopic (exact) mass is 419 g/mol. The van der Waals surface area contributed by atoms with E-state index in [-0.39, 0.29) is 17.7 Å². The molecule has 1 aromatic heterocycles. The maximum absolute atomic E-state index is 12.7. The molecule has 6 heteroatoms. The molecule has 1 fully saturated rings. The van der Waals surface area contributed by atoms with E-state index in [9.17, 15) is 9.59 Å². The first kappa shape index (κ1) is 20.3. The largest absolute Gasteiger partial charge is 0.397 e. The van der Waals surface area contributed by atoms with Gasteiger partial charge in [0.25, 0.3) is 5.91 Å². The lowest BCUT2D eigenvalue weighted by Gasteiger charge is -2.11. The van der Waals surface area contributed by atoms with Crippen LogP contribution in [0.2, 0.25) is 0 Å². The molecule has 2 aromatic carbocycles. The van der Waals surface area contributed by atoms with E-state index in [0.29, 0.717) is 29.8 Å². The molecule has 30 heavy (non-hydrogen) atoms. The number of hydrogen-bond acceptors (Lipinski definition) is 5. The third kappa shape index (κ3) is 4.78. The molecule has 5 nitrogen and oxygen atoms in total. The molecule has 1 atom stereocenters. The van der Waals surface area contributed by atoms with Gasteiger partial charge in [0.2, 0.25) is 0 Å². The smallest absolute Gasteiger partial charge is 0.255 e. The number of anilines is 2. The number of amides is 1. The first-order valence-corrected chi connectivity index (χ1v) is 11.1. The van der Waals surface area contributed by atoms with Crippen LogP contribution in [-0.4, -0.2) is 24.3 Å². The maximum atomic E-state index is 12.7. The molecule has 4 N–H and O–H groups in total. The van der Waals surface area contributed by atoms with Crippen molar-refractivity contribution in [3.05, 3.63) is 71.1 Å². The molecule has 3 aromatic rings. The maximum Gasteiger partial charge on any atom is 0.255 e. The Morgan fingerprint density at radius 3 is 2.67 bits per heavy atom. The molecule has 0 unspecified atom stereocenters. The Hall–Kier alpha value is -2.96. The van der Waals surface area contributed by atoms with E-state index in [1.54, 1.807) is 23.5 Å². The zero-order valence-electron chi connectivity index (χ0n) is 16.7. The average molecular weight is 420 g/mol. The number of thiophene rings is 1. The summed E-state index contributed by atoms with van der Waals surface area (Å²) in [7, 11) is 0. The van der Waals surface area contributed by atoms with Crippen molar-refractivity contribution >= 4 is 34.4 Å². The van der Waals surface area contributed by atoms with Gasteiger partial charge in [-0.15, -0.1) is 11.3 Å². The summed E-state index contributed by atoms with van der Waals surface area (Å²) in [5.41, 5.74) is 9.82. The molecular formula is C24H25N3O2S. The average Bonchev–Trinajstić information content (AvgIpc) is 3.48. The first-order valence-electron chi connectivity index (χ1n) is 10.2. The molecule has 1 aliphatic rings. The second kappa shape index (κ2) is 9.24. The quantitative estimate of drug-likeness (QED) is 0.492. The topological polar surface area (TPSA) is 84.2 Å². The highest BCUT2D eigenvalue weighted by Gasteiger charge is 2.21. The molecule has 0 aliphatic carbocycles. The Bertz CT molecular complexity index is 1020. The van der Waals surface area contributed by atoms with Crippen molar-refractivity contribution in [2.45, 2.75) is 31.7 Å². The van der Waals surface area contributed by atoms with Gasteiger partial charge in [-0.05, 0) is 72.6 Å². The number of hydrogen-bond donors (Lipinski definition) is 3. The van der Waals surface area contributed by atoms with E-state index >= 15 is 0 Å². The van der Waals surface area contributed by atoms with Crippen LogP contribution in [0.5, 0.6) is 0 Å². The second-order valence-corrected chi connectivity index (χ2v) is 8.49. The van der Waals surface area contributed by atoms with E-state index in [2.05, 4.69) is 10.6 Å². The predicted octanol–water partition coefficient (Wildman–Crippen LogP) is 4.50. The third-order valence-corrected chi connectivity index (χ3v) is 6.35. The Balaban J connectivity index is 1.38. The Labute approximate surface area is 180 Å². The van der Waals surface area contributed by atoms with Crippen LogP contribution < -0.4 is 16.4 Å². The predicted molar refractivity (Wildman–Crippen MR) is 123 cm³/mol. The van der Waals surface area contributed by atoms with E-state index in [0.717, 1.165) is 35.4 Å². The molecule has 1 aliphatic heterocycles. The third-order valence-electron chi connectivity index (χ3n) is 5.43. The van der Waals surface area contributed by atoms with Crippen LogP contribution in [0.15, 0.2) is 60.0 Å². The lowest BCUT2D eigenvalue weighted by molar-refractivity contribution is -0.120. The van der Waals surface area contributed by atoms with E-state index in [1.165, 1.54) is 0 Å². The van der Waals surface area contributed by atoms with E-state index in [4.69, 9.17) is 5.73 Å². The van der Waals surface area contributed by atoms with Crippen LogP contribution in [0.25, 0.3) is 10.4 Å². The van der Waals surface area contributed by atoms with Gasteiger partial charge in [0.15, 0.2) is 0 Å². The molecule has 1 amide bonds. The summed E-state index contributed by atoms with van der Waals surface area (Å²) in [6.45, 7) is 0.932. The van der Waals surface area contributed by atoms with Crippen molar-refractivity contribution in [3.63, 3.8) is 0 Å². The first-order chi connectivity index (χ1) is 14.6. The van der Waals surface area contributed by atoms with Gasteiger partial charge in [0, 0.05) is 16.9 Å². The number of nitrogens with one attached hydrogen (secondary N) is 2. The number of ketones is 1. The number of rotatable bonds is 7. The summed E-state index contributed by atoms with van der Waals surface area (Å²) in [6.07, 6.45) is 3.22. The van der Waals surface area contributed by atoms with Crippen LogP contribution in [0.3, 0.4) is 0 Å². The van der Waals surface area contributed by atoms with Gasteiger partial charge in [-0.25, -0.2) is 0 Å². The van der Waals surface area contributed by atoms with Crippen molar-refractivity contribution < 1.29 is 9.59 Å². The minimum absolute atomic E-state index is 0.0189. The highest BCUT2D eigenvalue weighted by atomic mass is 32.1. The van der Waals surface area contributed by atoms with Crippen LogP contribution in [0.1, 0.15) is 35.2 Å². The zero-order valence-corrected chi connectivity index (χ0v) is 17.5. The molecule has 4 rings (SSSR count). The van der Waals surface area contributed by atoms with Crippen molar-refractivity contribution in [2.24, 2.45) is 0 Å². The fourth-order valence-electron chi connectivity index (χ4n) is 3.68. The highest BCUT2D eigenvalue weighted by molar-refractivity contribution is 7.13. The normalized spacial score (nSPS) is 15.8. The van der Waals surface area contributed by atoms with Crippen LogP contribution in [-0.2, 0) is 11.2 Å². The fraction of sp³-hybridized carbons (Fsp3) is 0.250. The summed E-state index contributed by atoms with van der Waals surface area (Å²) in [6, 6.07) is 17.1. The standard InChI is InChI=1S/C24H25N3O2S/c25-19-11-10-18(23-4-2-14-30-23)15-21(19)27-24(29)17-8-5-16(6-9-17)7-12-22(28)20-3-1-13-26-20/h2,4-6,8-11,14-15,20,26H,1,3,7,12-13,25H2,(H,27,29)/t20-/m0/s1. The van der Waals surface area contributed by atoms with Crippen molar-refractivity contribution in [1.29, 1.82) is 0 Å². The summed E-state index contributed by atoms with van der Waals surface area (Å²) < 4.78 is 0. The number of carbonyl (C=O) groups is 2. The Kier molecular flexibility index (Phi) is 6.26. The minimum Gasteiger partial charge on any atom is -0.397 e. The molecule has 0 spiro atoms. The van der Waals surface area contributed by atoms with Gasteiger partial charge < -0.3 is 16.4 Å². The van der Waals surface area contributed by atoms with Gasteiger partial charge in [-0.1, -0.05) is 24.3 Å². The number of carbonyl (C=O) groups excluding carboxylic acids is 2. The molecule has 2 heterocycles. The summed E-state index contributed by atoms with van der Waals surface area (Å²) in [4.78, 5) is 26.0. The summed E-state index contributed by atoms with van der Waals surface area (Å²) in [5, 5.41) is 8.18. The van der Waals surface area contributed by atoms with Gasteiger partial charge in [0.05, 0.1) is 17.4 Å². The molecule has 154 valence electrons. The molecular weight excluding hydrogens is 394 g/mol. The minimum atomic E-state index is -0.206. The number of nitrogens with two attached hydrogens (primary N) is 1. The summed E-state index contributed by atoms with van der Waals surface area (Å²) in [5.74, 6) is 0.0678. The molecule has 0 saturated carbocycles. The zero-order chi connectivity index (χ0) is 20.9. The van der Waals surface area contributed by atoms with Crippen LogP contribution in [0, 0.1) is 0 Å². The number of benzene rings is 2. The van der Waals surface area contributed by atoms with Crippen LogP contribution in [0.4, 0.5) is 11.4 Å². The number of aryl methyl sites for hydroxylation is 1. The Morgan fingerprint density at radius 2 is 1.97 bits per heavy atom. The second-order valence-electron chi connectivity index (χ2n) is 7.55. The fourth-order valence-corrected chi connectivity index (χ4v) is 4.40. The SMILES string of the molecule is Nc1ccc(-c2cccs2)cc1NC(=O)c1ccc(CCC(=O)[C@@H]2CCCN2)cc1. The van der Waals surface area contributed by atoms with Crippen LogP contribution >= 0.6 is 11.3 Å². The number of nitrogen functional groups attached to an aromatic ring is 1. The van der Waals surface area contributed by atoms with E-state index in [1.807, 2.05) is 47.8 Å². The van der Waals surface area contributed by atoms with Gasteiger partial charge >= 0.3 is 0 Å². The van der Waals surface area contributed by atoms with Crippen molar-refractivity contribution in [1.82, 2.24) is 5.32 Å². The Morgan fingerprint density at radius 1 is 1.13 bits per heavy atom. The van der Waals surface area contributed by atoms with Gasteiger partial charge in [-0.3, -0.25) is 9.59 Å². The van der Waals surface area contributed by atoms with Gasteiger partial charge in [0.1, 0.15) is 5.78 Å². The molecule has 0 radical (unpaired) electrons. The lowest BCUT2D eigenvalue weighted by atomic mass is 10.0. The molecule has 0 bridgehead atoms. The lowest BCUT2D eigenvalue weighted by Crippen LogP contribution is -2.30. The summed E-state index contributed by atoms with van der Waals surface area (Å²) >= 11 is 1.64. The van der Waals surface area contributed by atoms with Crippen molar-refractivity contribution in [3.8, 4) is 10.4 Å². The highest BCUT2D eigenvalue weighted by Crippen LogP contribution is 2.30. The van der Waals surface area contributed by atoms with Crippen molar-refractivity contribution in [2.75, 3.05) is 17.6 Å². The van der Waals surface area contributed by atoms with E-state index < -0.39 is 0 Å². The molecule has 1 saturated heterocycles.